The summed E-state index contributed by atoms with van der Waals surface area (Å²) in [4.78, 5) is 38.3. The summed E-state index contributed by atoms with van der Waals surface area (Å²) in [6.07, 6.45) is 3.34. The third kappa shape index (κ3) is 4.69. The van der Waals surface area contributed by atoms with Crippen molar-refractivity contribution in [2.75, 3.05) is 13.7 Å². The summed E-state index contributed by atoms with van der Waals surface area (Å²) in [5.41, 5.74) is 1.39. The van der Waals surface area contributed by atoms with Crippen LogP contribution >= 0.6 is 0 Å². The van der Waals surface area contributed by atoms with Crippen LogP contribution < -0.4 is 4.72 Å². The number of hydrogen-bond acceptors (Lipinski definition) is 6. The maximum absolute atomic E-state index is 12.8. The lowest BCUT2D eigenvalue weighted by atomic mass is 9.79. The second-order valence-electron chi connectivity index (χ2n) is 8.41. The molecule has 1 N–H and O–H groups in total. The highest BCUT2D eigenvalue weighted by atomic mass is 32.2. The third-order valence-electron chi connectivity index (χ3n) is 6.40. The van der Waals surface area contributed by atoms with E-state index in [1.807, 2.05) is 0 Å². The van der Waals surface area contributed by atoms with Gasteiger partial charge >= 0.3 is 5.97 Å². The Morgan fingerprint density at radius 1 is 1.00 bits per heavy atom. The summed E-state index contributed by atoms with van der Waals surface area (Å²) in [6, 6.07) is 12.7. The Balaban J connectivity index is 1.41. The van der Waals surface area contributed by atoms with Crippen LogP contribution in [-0.2, 0) is 26.1 Å². The lowest BCUT2D eigenvalue weighted by molar-refractivity contribution is -0.148. The maximum atomic E-state index is 12.8. The molecule has 0 radical (unpaired) electrons. The smallest absolute Gasteiger partial charge is 0.308 e. The molecule has 8 nitrogen and oxygen atoms in total. The average molecular weight is 471 g/mol. The molecule has 0 bridgehead atoms. The standard InChI is InChI=1S/C24H26N2O6S/c1-32-24(29)19-7-3-2-6-17(19)14-25-33(30,31)18-12-10-16(11-13-18)15-26-22(27)20-8-4-5-9-21(20)23(26)28/h4-5,8-13,17,19,25H,2-3,6-7,14-15H2,1H3. The predicted octanol–water partition coefficient (Wildman–Crippen LogP) is 2.74. The fourth-order valence-electron chi connectivity index (χ4n) is 4.55. The Kier molecular flexibility index (Phi) is 6.62. The molecule has 1 aliphatic heterocycles. The van der Waals surface area contributed by atoms with Crippen molar-refractivity contribution in [3.63, 3.8) is 0 Å². The average Bonchev–Trinajstić information content (AvgIpc) is 3.08. The van der Waals surface area contributed by atoms with Crippen LogP contribution in [0.3, 0.4) is 0 Å². The van der Waals surface area contributed by atoms with Crippen molar-refractivity contribution < 1.29 is 27.5 Å². The van der Waals surface area contributed by atoms with Gasteiger partial charge in [0.15, 0.2) is 0 Å². The Hall–Kier alpha value is -3.04. The van der Waals surface area contributed by atoms with Crippen LogP contribution in [0, 0.1) is 11.8 Å². The molecule has 0 aromatic heterocycles. The molecule has 0 saturated heterocycles. The van der Waals surface area contributed by atoms with Gasteiger partial charge < -0.3 is 4.74 Å². The van der Waals surface area contributed by atoms with Gasteiger partial charge in [0.25, 0.3) is 11.8 Å². The van der Waals surface area contributed by atoms with Crippen LogP contribution in [0.25, 0.3) is 0 Å². The van der Waals surface area contributed by atoms with Gasteiger partial charge in [-0.05, 0) is 48.6 Å². The molecule has 1 aliphatic carbocycles. The van der Waals surface area contributed by atoms with E-state index in [1.165, 1.54) is 19.2 Å². The molecule has 2 aliphatic rings. The number of ether oxygens (including phenoxy) is 1. The SMILES string of the molecule is COC(=O)C1CCCCC1CNS(=O)(=O)c1ccc(CN2C(=O)c3ccccc3C2=O)cc1. The van der Waals surface area contributed by atoms with Crippen molar-refractivity contribution in [1.29, 1.82) is 0 Å². The number of fused-ring (bicyclic) bond motifs is 1. The molecule has 4 rings (SSSR count). The van der Waals surface area contributed by atoms with Crippen LogP contribution in [0.1, 0.15) is 52.0 Å². The predicted molar refractivity (Wildman–Crippen MR) is 120 cm³/mol. The van der Waals surface area contributed by atoms with Gasteiger partial charge in [-0.15, -0.1) is 0 Å². The molecule has 9 heteroatoms. The maximum Gasteiger partial charge on any atom is 0.308 e. The van der Waals surface area contributed by atoms with E-state index < -0.39 is 10.0 Å². The van der Waals surface area contributed by atoms with Crippen LogP contribution in [0.2, 0.25) is 0 Å². The van der Waals surface area contributed by atoms with Gasteiger partial charge in [0.1, 0.15) is 0 Å². The zero-order chi connectivity index (χ0) is 23.6. The Morgan fingerprint density at radius 3 is 2.21 bits per heavy atom. The van der Waals surface area contributed by atoms with Gasteiger partial charge in [-0.2, -0.15) is 0 Å². The number of rotatable bonds is 7. The minimum absolute atomic E-state index is 0.0585. The summed E-state index contributed by atoms with van der Waals surface area (Å²) < 4.78 is 33.1. The molecule has 2 amide bonds. The van der Waals surface area contributed by atoms with Crippen LogP contribution in [0.5, 0.6) is 0 Å². The summed E-state index contributed by atoms with van der Waals surface area (Å²) >= 11 is 0. The third-order valence-corrected chi connectivity index (χ3v) is 7.84. The van der Waals surface area contributed by atoms with E-state index in [4.69, 9.17) is 4.74 Å². The van der Waals surface area contributed by atoms with Gasteiger partial charge in [-0.1, -0.05) is 37.1 Å². The number of nitrogens with zero attached hydrogens (tertiary/aromatic N) is 1. The fourth-order valence-corrected chi connectivity index (χ4v) is 5.65. The highest BCUT2D eigenvalue weighted by molar-refractivity contribution is 7.89. The van der Waals surface area contributed by atoms with Crippen molar-refractivity contribution in [2.45, 2.75) is 37.1 Å². The number of methoxy groups -OCH3 is 1. The van der Waals surface area contributed by atoms with Gasteiger partial charge in [0.05, 0.1) is 35.6 Å². The van der Waals surface area contributed by atoms with Gasteiger partial charge in [0, 0.05) is 6.54 Å². The molecule has 174 valence electrons. The zero-order valence-electron chi connectivity index (χ0n) is 18.3. The molecule has 1 saturated carbocycles. The zero-order valence-corrected chi connectivity index (χ0v) is 19.1. The first-order valence-electron chi connectivity index (χ1n) is 10.9. The van der Waals surface area contributed by atoms with E-state index in [2.05, 4.69) is 4.72 Å². The summed E-state index contributed by atoms with van der Waals surface area (Å²) in [5, 5.41) is 0. The van der Waals surface area contributed by atoms with E-state index in [-0.39, 0.29) is 47.6 Å². The Labute approximate surface area is 193 Å². The highest BCUT2D eigenvalue weighted by Crippen LogP contribution is 2.31. The molecule has 2 aromatic carbocycles. The Morgan fingerprint density at radius 2 is 1.61 bits per heavy atom. The number of hydrogen-bond donors (Lipinski definition) is 1. The summed E-state index contributed by atoms with van der Waals surface area (Å²) in [5.74, 6) is -1.41. The lowest BCUT2D eigenvalue weighted by Crippen LogP contribution is -2.37. The molecule has 1 fully saturated rings. The van der Waals surface area contributed by atoms with Crippen molar-refractivity contribution in [3.05, 3.63) is 65.2 Å². The van der Waals surface area contributed by atoms with E-state index >= 15 is 0 Å². The quantitative estimate of drug-likeness (QED) is 0.492. The van der Waals surface area contributed by atoms with Crippen LogP contribution in [0.15, 0.2) is 53.4 Å². The number of amides is 2. The number of benzene rings is 2. The molecular weight excluding hydrogens is 444 g/mol. The van der Waals surface area contributed by atoms with Crippen molar-refractivity contribution >= 4 is 27.8 Å². The molecule has 0 spiro atoms. The van der Waals surface area contributed by atoms with Gasteiger partial charge in [-0.3, -0.25) is 19.3 Å². The molecule has 2 atom stereocenters. The number of nitrogens with one attached hydrogen (secondary N) is 1. The fraction of sp³-hybridized carbons (Fsp3) is 0.375. The topological polar surface area (TPSA) is 110 Å². The van der Waals surface area contributed by atoms with E-state index in [9.17, 15) is 22.8 Å². The van der Waals surface area contributed by atoms with E-state index in [0.717, 1.165) is 24.2 Å². The first kappa shape index (κ1) is 23.1. The van der Waals surface area contributed by atoms with Gasteiger partial charge in [0.2, 0.25) is 10.0 Å². The van der Waals surface area contributed by atoms with Crippen molar-refractivity contribution in [2.24, 2.45) is 11.8 Å². The molecular formula is C24H26N2O6S. The van der Waals surface area contributed by atoms with E-state index in [1.54, 1.807) is 36.4 Å². The second kappa shape index (κ2) is 9.44. The van der Waals surface area contributed by atoms with Crippen LogP contribution in [0.4, 0.5) is 0 Å². The monoisotopic (exact) mass is 470 g/mol. The summed E-state index contributed by atoms with van der Waals surface area (Å²) in [7, 11) is -2.43. The van der Waals surface area contributed by atoms with Crippen molar-refractivity contribution in [1.82, 2.24) is 9.62 Å². The lowest BCUT2D eigenvalue weighted by Gasteiger charge is -2.29. The van der Waals surface area contributed by atoms with Gasteiger partial charge in [-0.25, -0.2) is 13.1 Å². The minimum Gasteiger partial charge on any atom is -0.469 e. The molecule has 2 aromatic rings. The second-order valence-corrected chi connectivity index (χ2v) is 10.2. The first-order valence-corrected chi connectivity index (χ1v) is 12.4. The normalized spacial score (nSPS) is 20.6. The number of carbonyl (C=O) groups is 3. The first-order chi connectivity index (χ1) is 15.8. The number of carbonyl (C=O) groups excluding carboxylic acids is 3. The molecule has 2 unspecified atom stereocenters. The van der Waals surface area contributed by atoms with Crippen molar-refractivity contribution in [3.8, 4) is 0 Å². The molecule has 33 heavy (non-hydrogen) atoms. The number of sulfonamides is 1. The summed E-state index contributed by atoms with van der Waals surface area (Å²) in [6.45, 7) is 0.224. The van der Waals surface area contributed by atoms with E-state index in [0.29, 0.717) is 23.1 Å². The largest absolute Gasteiger partial charge is 0.469 e. The highest BCUT2D eigenvalue weighted by Gasteiger charge is 2.35. The molecule has 1 heterocycles. The Bertz CT molecular complexity index is 1140. The minimum atomic E-state index is -3.77. The number of imide groups is 1. The number of esters is 1. The van der Waals surface area contributed by atoms with Crippen LogP contribution in [-0.4, -0.2) is 44.8 Å².